The molecule has 1 aliphatic carbocycles. The van der Waals surface area contributed by atoms with Crippen LogP contribution in [0.3, 0.4) is 0 Å². The maximum absolute atomic E-state index is 12.9. The molecule has 66 heavy (non-hydrogen) atoms. The summed E-state index contributed by atoms with van der Waals surface area (Å²) in [4.78, 5) is 43.3. The third kappa shape index (κ3) is 10.9. The lowest BCUT2D eigenvalue weighted by atomic mass is 9.93. The number of aryl methyl sites for hydroxylation is 1. The monoisotopic (exact) mass is 909 g/mol. The number of piperazine rings is 1. The van der Waals surface area contributed by atoms with Crippen LogP contribution in [-0.2, 0) is 32.0 Å². The van der Waals surface area contributed by atoms with Crippen molar-refractivity contribution in [3.8, 4) is 11.1 Å². The minimum Gasteiger partial charge on any atom is -0.393 e. The number of halogens is 3. The van der Waals surface area contributed by atoms with E-state index >= 15 is 0 Å². The van der Waals surface area contributed by atoms with Crippen LogP contribution in [0, 0.1) is 0 Å². The van der Waals surface area contributed by atoms with E-state index in [0.717, 1.165) is 109 Å². The van der Waals surface area contributed by atoms with Gasteiger partial charge in [-0.15, -0.1) is 0 Å². The van der Waals surface area contributed by atoms with Crippen LogP contribution in [0.15, 0.2) is 73.2 Å². The van der Waals surface area contributed by atoms with Gasteiger partial charge < -0.3 is 29.0 Å². The lowest BCUT2D eigenvalue weighted by Crippen LogP contribution is -2.46. The van der Waals surface area contributed by atoms with Gasteiger partial charge in [-0.1, -0.05) is 36.4 Å². The summed E-state index contributed by atoms with van der Waals surface area (Å²) in [5, 5.41) is 18.3. The van der Waals surface area contributed by atoms with E-state index in [2.05, 4.69) is 88.6 Å². The number of hydrogen-bond acceptors (Lipinski definition) is 11. The first-order valence-corrected chi connectivity index (χ1v) is 23.3. The van der Waals surface area contributed by atoms with Crippen LogP contribution in [0.2, 0.25) is 0 Å². The van der Waals surface area contributed by atoms with Gasteiger partial charge in [-0.25, -0.2) is 9.97 Å². The first-order chi connectivity index (χ1) is 32.1. The normalized spacial score (nSPS) is 20.2. The Kier molecular flexibility index (Phi) is 14.3. The molecule has 6 aromatic rings. The lowest BCUT2D eigenvalue weighted by molar-refractivity contribution is -0.135. The summed E-state index contributed by atoms with van der Waals surface area (Å²) in [7, 11) is 0. The number of carbonyl (C=O) groups is 2. The summed E-state index contributed by atoms with van der Waals surface area (Å²) >= 11 is 0. The molecule has 3 N–H and O–H groups in total. The zero-order chi connectivity index (χ0) is 45.6. The van der Waals surface area contributed by atoms with Crippen molar-refractivity contribution in [3.05, 3.63) is 84.3 Å². The number of anilines is 1. The van der Waals surface area contributed by atoms with Gasteiger partial charge in [0.2, 0.25) is 17.8 Å². The molecule has 0 radical (unpaired) electrons. The molecule has 0 unspecified atom stereocenters. The van der Waals surface area contributed by atoms with Gasteiger partial charge in [-0.2, -0.15) is 18.2 Å². The average Bonchev–Trinajstić information content (AvgIpc) is 3.85. The van der Waals surface area contributed by atoms with Gasteiger partial charge in [0.1, 0.15) is 17.3 Å². The predicted octanol–water partition coefficient (Wildman–Crippen LogP) is 7.20. The van der Waals surface area contributed by atoms with E-state index in [-0.39, 0.29) is 36.5 Å². The molecule has 3 fully saturated rings. The van der Waals surface area contributed by atoms with Gasteiger partial charge in [0, 0.05) is 105 Å². The van der Waals surface area contributed by atoms with E-state index < -0.39 is 18.6 Å². The number of rotatable bonds is 18. The number of carbonyl (C=O) groups excluding carboxylic acids is 2. The molecule has 2 amide bonds. The maximum Gasteiger partial charge on any atom is 0.390 e. The summed E-state index contributed by atoms with van der Waals surface area (Å²) < 4.78 is 54.4. The number of benzene rings is 2. The van der Waals surface area contributed by atoms with Crippen molar-refractivity contribution >= 4 is 50.7 Å². The first kappa shape index (κ1) is 45.7. The van der Waals surface area contributed by atoms with Crippen LogP contribution < -0.4 is 10.6 Å². The molecule has 2 saturated heterocycles. The van der Waals surface area contributed by atoms with Gasteiger partial charge in [0.25, 0.3) is 0 Å². The van der Waals surface area contributed by atoms with E-state index in [1.165, 1.54) is 5.56 Å². The second-order valence-electron chi connectivity index (χ2n) is 17.8. The molecular formula is C49H58F3N9O5. The quantitative estimate of drug-likeness (QED) is 0.0593. The third-order valence-electron chi connectivity index (χ3n) is 13.3. The topological polar surface area (TPSA) is 152 Å². The Labute approximate surface area is 381 Å². The highest BCUT2D eigenvalue weighted by Gasteiger charge is 2.31. The number of imide groups is 1. The van der Waals surface area contributed by atoms with Crippen molar-refractivity contribution in [1.29, 1.82) is 0 Å². The minimum atomic E-state index is -4.26. The highest BCUT2D eigenvalue weighted by atomic mass is 19.4. The number of fused-ring (bicyclic) bond motifs is 4. The second-order valence-corrected chi connectivity index (χ2v) is 17.8. The zero-order valence-corrected chi connectivity index (χ0v) is 37.1. The standard InChI is InChI=1S/C49H58F3N9O5/c50-49(51,52)17-19-54-48-55-30-40-41(32-60(46(40)57-48)36-10-12-37(62)13-11-36)35-8-5-34(6-9-35)31-59-22-20-58(21-23-59)24-26-66-28-27-65-25-2-3-33-7-14-38-39-4-1-18-53-45(39)61(43(38)29-33)42-15-16-44(63)56-47(42)64/h1,4-9,14,18,29-30,32,36-37,42,62H,2-3,10-13,15-17,19-28,31H2,(H,54,55,57)(H,56,63,64)/t36-,37-,42-/m0/s1. The Morgan fingerprint density at radius 1 is 0.818 bits per heavy atom. The van der Waals surface area contributed by atoms with Crippen LogP contribution in [0.4, 0.5) is 19.1 Å². The molecule has 1 atom stereocenters. The number of piperidine rings is 1. The maximum atomic E-state index is 12.9. The number of hydrogen-bond donors (Lipinski definition) is 3. The number of nitrogens with one attached hydrogen (secondary N) is 2. The highest BCUT2D eigenvalue weighted by molar-refractivity contribution is 6.09. The number of alkyl halides is 3. The van der Waals surface area contributed by atoms with Crippen molar-refractivity contribution in [2.45, 2.75) is 88.7 Å². The Morgan fingerprint density at radius 2 is 1.58 bits per heavy atom. The molecule has 9 rings (SSSR count). The van der Waals surface area contributed by atoms with Crippen molar-refractivity contribution in [2.24, 2.45) is 0 Å². The van der Waals surface area contributed by atoms with Gasteiger partial charge >= 0.3 is 6.18 Å². The number of aromatic nitrogens is 5. The second kappa shape index (κ2) is 20.6. The summed E-state index contributed by atoms with van der Waals surface area (Å²) in [6.45, 7) is 7.66. The van der Waals surface area contributed by atoms with Crippen LogP contribution in [0.5, 0.6) is 0 Å². The largest absolute Gasteiger partial charge is 0.393 e. The number of nitrogens with zero attached hydrogens (tertiary/aromatic N) is 7. The molecule has 14 nitrogen and oxygen atoms in total. The van der Waals surface area contributed by atoms with Crippen molar-refractivity contribution in [2.75, 3.05) is 71.0 Å². The molecule has 4 aromatic heterocycles. The number of amides is 2. The molecule has 350 valence electrons. The van der Waals surface area contributed by atoms with E-state index in [9.17, 15) is 27.9 Å². The summed E-state index contributed by atoms with van der Waals surface area (Å²) in [5.74, 6) is -0.346. The van der Waals surface area contributed by atoms with E-state index in [0.29, 0.717) is 57.8 Å². The molecule has 3 aliphatic rings. The van der Waals surface area contributed by atoms with Crippen molar-refractivity contribution < 1.29 is 37.3 Å². The molecule has 6 heterocycles. The Balaban J connectivity index is 0.691. The number of aliphatic hydroxyl groups is 1. The minimum absolute atomic E-state index is 0.133. The number of pyridine rings is 1. The third-order valence-corrected chi connectivity index (χ3v) is 13.3. The SMILES string of the molecule is O=C1CC[C@H](n2c3cc(CCCOCCOCCN4CCN(Cc5ccc(-c6cn([C@H]7CC[C@H](O)CC7)c7nc(NCCC(F)(F)F)ncc67)cc5)CC4)ccc3c3cccnc32)C(=O)N1. The fraction of sp³-hybridized carbons (Fsp3) is 0.490. The Morgan fingerprint density at radius 3 is 2.35 bits per heavy atom. The fourth-order valence-electron chi connectivity index (χ4n) is 9.71. The first-order valence-electron chi connectivity index (χ1n) is 23.3. The highest BCUT2D eigenvalue weighted by Crippen LogP contribution is 2.38. The van der Waals surface area contributed by atoms with Crippen LogP contribution in [0.25, 0.3) is 44.1 Å². The average molecular weight is 910 g/mol. The Bertz CT molecular complexity index is 2620. The van der Waals surface area contributed by atoms with Crippen LogP contribution >= 0.6 is 0 Å². The zero-order valence-electron chi connectivity index (χ0n) is 37.1. The Hall–Kier alpha value is -5.46. The predicted molar refractivity (Wildman–Crippen MR) is 246 cm³/mol. The number of aliphatic hydroxyl groups excluding tert-OH is 1. The van der Waals surface area contributed by atoms with Gasteiger partial charge in [0.15, 0.2) is 0 Å². The molecule has 0 spiro atoms. The van der Waals surface area contributed by atoms with Gasteiger partial charge in [-0.05, 0) is 79.8 Å². The van der Waals surface area contributed by atoms with Gasteiger partial charge in [-0.3, -0.25) is 24.7 Å². The summed E-state index contributed by atoms with van der Waals surface area (Å²) in [6, 6.07) is 18.5. The fourth-order valence-corrected chi connectivity index (χ4v) is 9.71. The molecule has 17 heteroatoms. The van der Waals surface area contributed by atoms with Crippen molar-refractivity contribution in [3.63, 3.8) is 0 Å². The van der Waals surface area contributed by atoms with E-state index in [1.807, 2.05) is 16.7 Å². The molecular weight excluding hydrogens is 852 g/mol. The summed E-state index contributed by atoms with van der Waals surface area (Å²) in [5.41, 5.74) is 6.77. The van der Waals surface area contributed by atoms with Gasteiger partial charge in [0.05, 0.1) is 37.9 Å². The molecule has 0 bridgehead atoms. The molecule has 2 aromatic carbocycles. The lowest BCUT2D eigenvalue weighted by Gasteiger charge is -2.34. The van der Waals surface area contributed by atoms with E-state index in [1.54, 1.807) is 12.4 Å². The molecule has 1 saturated carbocycles. The summed E-state index contributed by atoms with van der Waals surface area (Å²) in [6.07, 6.45) is 5.41. The molecule has 2 aliphatic heterocycles. The number of ether oxygens (including phenoxy) is 2. The van der Waals surface area contributed by atoms with Crippen LogP contribution in [0.1, 0.15) is 74.6 Å². The van der Waals surface area contributed by atoms with Crippen molar-refractivity contribution in [1.82, 2.24) is 39.2 Å². The van der Waals surface area contributed by atoms with E-state index in [4.69, 9.17) is 9.47 Å². The smallest absolute Gasteiger partial charge is 0.390 e. The van der Waals surface area contributed by atoms with Crippen LogP contribution in [-0.4, -0.2) is 129 Å².